The summed E-state index contributed by atoms with van der Waals surface area (Å²) in [5, 5.41) is 5.43. The van der Waals surface area contributed by atoms with Gasteiger partial charge in [0.1, 0.15) is 0 Å². The normalized spacial score (nSPS) is 18.9. The molecular formula is C20H26ClN5O2S. The zero-order valence-electron chi connectivity index (χ0n) is 16.6. The first-order chi connectivity index (χ1) is 14.0. The average molecular weight is 436 g/mol. The predicted octanol–water partition coefficient (Wildman–Crippen LogP) is 2.80. The van der Waals surface area contributed by atoms with Crippen molar-refractivity contribution in [3.8, 4) is 11.4 Å². The van der Waals surface area contributed by atoms with Crippen molar-refractivity contribution in [1.29, 1.82) is 0 Å². The average Bonchev–Trinajstić information content (AvgIpc) is 3.03. The van der Waals surface area contributed by atoms with Gasteiger partial charge in [-0.15, -0.1) is 0 Å². The van der Waals surface area contributed by atoms with Gasteiger partial charge in [0.15, 0.2) is 10.6 Å². The van der Waals surface area contributed by atoms with Gasteiger partial charge in [0.05, 0.1) is 19.9 Å². The van der Waals surface area contributed by atoms with Crippen LogP contribution < -0.4 is 0 Å². The number of aromatic nitrogens is 3. The van der Waals surface area contributed by atoms with Gasteiger partial charge < -0.3 is 14.2 Å². The summed E-state index contributed by atoms with van der Waals surface area (Å²) < 4.78 is 9.82. The highest BCUT2D eigenvalue weighted by Gasteiger charge is 2.29. The van der Waals surface area contributed by atoms with Gasteiger partial charge in [-0.05, 0) is 49.3 Å². The van der Waals surface area contributed by atoms with Crippen LogP contribution in [0, 0.1) is 10.7 Å². The third-order valence-electron chi connectivity index (χ3n) is 5.74. The van der Waals surface area contributed by atoms with Crippen molar-refractivity contribution in [2.75, 3.05) is 39.4 Å². The maximum atomic E-state index is 12.7. The molecule has 0 bridgehead atoms. The quantitative estimate of drug-likeness (QED) is 0.691. The number of morpholine rings is 1. The molecule has 0 aliphatic carbocycles. The highest BCUT2D eigenvalue weighted by atomic mass is 35.5. The second-order valence-electron chi connectivity index (χ2n) is 7.64. The first kappa shape index (κ1) is 20.5. The van der Waals surface area contributed by atoms with Gasteiger partial charge in [-0.3, -0.25) is 9.69 Å². The van der Waals surface area contributed by atoms with E-state index in [2.05, 4.69) is 4.90 Å². The van der Waals surface area contributed by atoms with Gasteiger partial charge in [0.2, 0.25) is 5.91 Å². The lowest BCUT2D eigenvalue weighted by atomic mass is 9.95. The van der Waals surface area contributed by atoms with E-state index in [1.807, 2.05) is 45.5 Å². The molecular weight excluding hydrogens is 410 g/mol. The Kier molecular flexibility index (Phi) is 6.34. The van der Waals surface area contributed by atoms with Gasteiger partial charge in [-0.25, -0.2) is 4.68 Å². The van der Waals surface area contributed by atoms with Crippen LogP contribution in [0.5, 0.6) is 0 Å². The van der Waals surface area contributed by atoms with E-state index in [0.29, 0.717) is 29.7 Å². The van der Waals surface area contributed by atoms with Crippen LogP contribution >= 0.6 is 23.8 Å². The van der Waals surface area contributed by atoms with Crippen molar-refractivity contribution in [1.82, 2.24) is 24.1 Å². The molecule has 0 saturated carbocycles. The second kappa shape index (κ2) is 8.95. The summed E-state index contributed by atoms with van der Waals surface area (Å²) in [6.45, 7) is 5.12. The first-order valence-electron chi connectivity index (χ1n) is 10.0. The molecule has 2 saturated heterocycles. The molecule has 1 aromatic carbocycles. The number of hydrogen-bond acceptors (Lipinski definition) is 5. The second-order valence-corrected chi connectivity index (χ2v) is 8.44. The fourth-order valence-corrected chi connectivity index (χ4v) is 4.29. The Labute approximate surface area is 180 Å². The minimum atomic E-state index is 0.116. The minimum Gasteiger partial charge on any atom is -0.378 e. The smallest absolute Gasteiger partial charge is 0.225 e. The van der Waals surface area contributed by atoms with Crippen molar-refractivity contribution in [2.24, 2.45) is 13.0 Å². The van der Waals surface area contributed by atoms with E-state index in [-0.39, 0.29) is 11.8 Å². The van der Waals surface area contributed by atoms with Crippen molar-refractivity contribution >= 4 is 29.7 Å². The van der Waals surface area contributed by atoms with Gasteiger partial charge in [-0.1, -0.05) is 11.6 Å². The van der Waals surface area contributed by atoms with Crippen LogP contribution in [0.25, 0.3) is 11.4 Å². The zero-order valence-corrected chi connectivity index (χ0v) is 18.2. The third-order valence-corrected chi connectivity index (χ3v) is 6.47. The molecule has 0 radical (unpaired) electrons. The van der Waals surface area contributed by atoms with Crippen LogP contribution in [0.15, 0.2) is 24.3 Å². The van der Waals surface area contributed by atoms with E-state index >= 15 is 0 Å². The summed E-state index contributed by atoms with van der Waals surface area (Å²) in [6, 6.07) is 7.61. The topological polar surface area (TPSA) is 55.5 Å². The zero-order chi connectivity index (χ0) is 20.4. The molecule has 1 amide bonds. The van der Waals surface area contributed by atoms with Crippen LogP contribution in [0.2, 0.25) is 5.02 Å². The maximum Gasteiger partial charge on any atom is 0.225 e. The van der Waals surface area contributed by atoms with Crippen LogP contribution in [0.4, 0.5) is 0 Å². The van der Waals surface area contributed by atoms with Crippen molar-refractivity contribution in [3.63, 3.8) is 0 Å². The molecule has 9 heteroatoms. The number of carbonyl (C=O) groups excluding carboxylic acids is 1. The predicted molar refractivity (Wildman–Crippen MR) is 114 cm³/mol. The fourth-order valence-electron chi connectivity index (χ4n) is 3.98. The Hall–Kier alpha value is -1.74. The van der Waals surface area contributed by atoms with E-state index < -0.39 is 0 Å². The molecule has 0 N–H and O–H groups in total. The number of carbonyl (C=O) groups is 1. The van der Waals surface area contributed by atoms with Crippen molar-refractivity contribution in [3.05, 3.63) is 34.1 Å². The first-order valence-corrected chi connectivity index (χ1v) is 10.8. The van der Waals surface area contributed by atoms with Crippen molar-refractivity contribution < 1.29 is 9.53 Å². The highest BCUT2D eigenvalue weighted by Crippen LogP contribution is 2.23. The number of amides is 1. The van der Waals surface area contributed by atoms with Crippen LogP contribution in [-0.2, 0) is 23.2 Å². The Morgan fingerprint density at radius 1 is 1.17 bits per heavy atom. The van der Waals surface area contributed by atoms with E-state index in [1.54, 1.807) is 0 Å². The Morgan fingerprint density at radius 3 is 2.48 bits per heavy atom. The van der Waals surface area contributed by atoms with Crippen LogP contribution in [-0.4, -0.2) is 69.4 Å². The number of halogens is 1. The van der Waals surface area contributed by atoms with E-state index in [0.717, 1.165) is 50.4 Å². The molecule has 1 aromatic heterocycles. The molecule has 7 nitrogen and oxygen atoms in total. The molecule has 156 valence electrons. The number of hydrogen-bond donors (Lipinski definition) is 0. The minimum absolute atomic E-state index is 0.116. The molecule has 0 spiro atoms. The standard InChI is InChI=1S/C20H26ClN5O2S/c1-23-18(15-2-4-17(21)5-3-15)22-26(20(23)29)14-24-8-6-16(7-9-24)19(27)25-10-12-28-13-11-25/h2-5,16H,6-14H2,1H3. The number of rotatable bonds is 4. The summed E-state index contributed by atoms with van der Waals surface area (Å²) >= 11 is 11.6. The highest BCUT2D eigenvalue weighted by molar-refractivity contribution is 7.71. The number of likely N-dealkylation sites (tertiary alicyclic amines) is 1. The number of ether oxygens (including phenoxy) is 1. The van der Waals surface area contributed by atoms with Crippen LogP contribution in [0.1, 0.15) is 12.8 Å². The molecule has 4 rings (SSSR count). The number of benzene rings is 1. The largest absolute Gasteiger partial charge is 0.378 e. The molecule has 2 fully saturated rings. The molecule has 2 aliphatic heterocycles. The monoisotopic (exact) mass is 435 g/mol. The Bertz CT molecular complexity index is 912. The van der Waals surface area contributed by atoms with Gasteiger partial charge >= 0.3 is 0 Å². The molecule has 0 atom stereocenters. The molecule has 0 unspecified atom stereocenters. The Balaban J connectivity index is 1.38. The summed E-state index contributed by atoms with van der Waals surface area (Å²) in [6.07, 6.45) is 1.75. The summed E-state index contributed by atoms with van der Waals surface area (Å²) in [5.41, 5.74) is 0.983. The van der Waals surface area contributed by atoms with E-state index in [1.165, 1.54) is 0 Å². The van der Waals surface area contributed by atoms with E-state index in [9.17, 15) is 4.79 Å². The maximum absolute atomic E-state index is 12.7. The summed E-state index contributed by atoms with van der Waals surface area (Å²) in [5.74, 6) is 1.22. The van der Waals surface area contributed by atoms with E-state index in [4.69, 9.17) is 33.7 Å². The van der Waals surface area contributed by atoms with Crippen molar-refractivity contribution in [2.45, 2.75) is 19.5 Å². The fraction of sp³-hybridized carbons (Fsp3) is 0.550. The summed E-state index contributed by atoms with van der Waals surface area (Å²) in [4.78, 5) is 17.0. The lowest BCUT2D eigenvalue weighted by Crippen LogP contribution is -2.47. The van der Waals surface area contributed by atoms with Crippen LogP contribution in [0.3, 0.4) is 0 Å². The third kappa shape index (κ3) is 4.55. The summed E-state index contributed by atoms with van der Waals surface area (Å²) in [7, 11) is 1.93. The molecule has 2 aromatic rings. The number of nitrogens with zero attached hydrogens (tertiary/aromatic N) is 5. The lowest BCUT2D eigenvalue weighted by Gasteiger charge is -2.35. The van der Waals surface area contributed by atoms with Gasteiger partial charge in [-0.2, -0.15) is 5.10 Å². The molecule has 3 heterocycles. The molecule has 2 aliphatic rings. The molecule has 29 heavy (non-hydrogen) atoms. The SMILES string of the molecule is Cn1c(-c2ccc(Cl)cc2)nn(CN2CCC(C(=O)N3CCOCC3)CC2)c1=S. The van der Waals surface area contributed by atoms with Gasteiger partial charge in [0, 0.05) is 49.7 Å². The van der Waals surface area contributed by atoms with Gasteiger partial charge in [0.25, 0.3) is 0 Å². The Morgan fingerprint density at radius 2 is 1.83 bits per heavy atom. The number of piperidine rings is 1. The lowest BCUT2D eigenvalue weighted by molar-refractivity contribution is -0.141.